The van der Waals surface area contributed by atoms with Crippen LogP contribution in [0, 0.1) is 5.41 Å². The largest absolute Gasteiger partial charge is 0.395 e. The summed E-state index contributed by atoms with van der Waals surface area (Å²) in [6.45, 7) is 2.93. The van der Waals surface area contributed by atoms with Crippen molar-refractivity contribution in [3.8, 4) is 5.13 Å². The molecule has 1 saturated carbocycles. The van der Waals surface area contributed by atoms with E-state index in [-0.39, 0.29) is 11.5 Å². The number of carbonyl (C=O) groups is 1. The van der Waals surface area contributed by atoms with Crippen LogP contribution in [0.3, 0.4) is 0 Å². The monoisotopic (exact) mass is 490 g/mol. The summed E-state index contributed by atoms with van der Waals surface area (Å²) >= 11 is 1.50. The van der Waals surface area contributed by atoms with E-state index in [0.29, 0.717) is 0 Å². The number of thiazole rings is 1. The highest BCUT2D eigenvalue weighted by atomic mass is 32.1. The second kappa shape index (κ2) is 9.20. The number of aliphatic hydroxyl groups is 1. The summed E-state index contributed by atoms with van der Waals surface area (Å²) < 4.78 is 31.5. The third-order valence-corrected chi connectivity index (χ3v) is 7.32. The van der Waals surface area contributed by atoms with Crippen LogP contribution >= 0.6 is 11.3 Å². The molecule has 2 aliphatic carbocycles. The Labute approximate surface area is 210 Å². The van der Waals surface area contributed by atoms with Crippen molar-refractivity contribution in [2.45, 2.75) is 49.7 Å². The van der Waals surface area contributed by atoms with Crippen LogP contribution in [0.2, 0.25) is 0 Å². The van der Waals surface area contributed by atoms with Crippen LogP contribution in [0.4, 0.5) is 8.78 Å². The van der Waals surface area contributed by atoms with E-state index in [1.165, 1.54) is 11.3 Å². The van der Waals surface area contributed by atoms with Gasteiger partial charge < -0.3 is 10.4 Å². The molecule has 35 heavy (non-hydrogen) atoms. The fraction of sp³-hybridized carbons (Fsp3) is 0.435. The van der Waals surface area contributed by atoms with E-state index in [9.17, 15) is 18.7 Å². The SMILES string of the molecule is CC.[B]C([B])([B])NC(=O)C1(CO)C(c2ccc(C3CCc4c3cnn4-c3nccs3)cc2)C1(F)F. The predicted octanol–water partition coefficient (Wildman–Crippen LogP) is 2.38. The van der Waals surface area contributed by atoms with Gasteiger partial charge in [0.25, 0.3) is 5.92 Å². The maximum atomic E-state index is 14.8. The number of alkyl halides is 2. The van der Waals surface area contributed by atoms with Crippen LogP contribution in [0.25, 0.3) is 5.13 Å². The Morgan fingerprint density at radius 3 is 2.49 bits per heavy atom. The Morgan fingerprint density at radius 2 is 1.91 bits per heavy atom. The summed E-state index contributed by atoms with van der Waals surface area (Å²) in [6, 6.07) is 6.71. The minimum absolute atomic E-state index is 0.0840. The molecule has 12 heteroatoms. The van der Waals surface area contributed by atoms with Crippen LogP contribution in [0.5, 0.6) is 0 Å². The molecular formula is C23H23B3F2N4O2S. The molecule has 1 aromatic carbocycles. The van der Waals surface area contributed by atoms with Gasteiger partial charge in [0.1, 0.15) is 5.41 Å². The minimum Gasteiger partial charge on any atom is -0.395 e. The smallest absolute Gasteiger partial charge is 0.273 e. The van der Waals surface area contributed by atoms with E-state index in [0.717, 1.165) is 34.8 Å². The third kappa shape index (κ3) is 4.14. The third-order valence-electron chi connectivity index (χ3n) is 6.57. The molecule has 2 N–H and O–H groups in total. The number of nitrogens with one attached hydrogen (secondary N) is 1. The lowest BCUT2D eigenvalue weighted by atomic mass is 9.49. The maximum Gasteiger partial charge on any atom is 0.273 e. The lowest BCUT2D eigenvalue weighted by Gasteiger charge is -2.25. The maximum absolute atomic E-state index is 14.8. The first-order valence-electron chi connectivity index (χ1n) is 11.3. The molecule has 2 heterocycles. The molecule has 0 aliphatic heterocycles. The average Bonchev–Trinajstić information content (AvgIpc) is 3.38. The second-order valence-corrected chi connectivity index (χ2v) is 9.48. The van der Waals surface area contributed by atoms with Gasteiger partial charge in [-0.05, 0) is 24.0 Å². The van der Waals surface area contributed by atoms with Crippen molar-refractivity contribution < 1.29 is 18.7 Å². The first kappa shape index (κ1) is 25.6. The van der Waals surface area contributed by atoms with Gasteiger partial charge in [-0.15, -0.1) is 11.3 Å². The Balaban J connectivity index is 0.00000141. The number of carbonyl (C=O) groups excluding carboxylic acids is 1. The van der Waals surface area contributed by atoms with Gasteiger partial charge >= 0.3 is 0 Å². The number of benzene rings is 1. The fourth-order valence-electron chi connectivity index (χ4n) is 4.93. The van der Waals surface area contributed by atoms with Crippen molar-refractivity contribution in [1.29, 1.82) is 0 Å². The standard InChI is InChI=1S/C21H17B3F2N4O2S.C2H6/c22-21(23,24)29-17(32)19(10-31)16(20(19,25)26)12-3-1-11(2-4-12)13-5-6-15-14(13)9-28-30(15)18-27-7-8-33-18;1-2/h1-4,7-9,13,16,31H,5-6,10H2,(H,29,32);1-2H3. The number of halogens is 2. The highest BCUT2D eigenvalue weighted by Crippen LogP contribution is 2.71. The van der Waals surface area contributed by atoms with E-state index in [1.807, 2.05) is 35.4 Å². The van der Waals surface area contributed by atoms with Gasteiger partial charge in [0, 0.05) is 23.1 Å². The van der Waals surface area contributed by atoms with Crippen LogP contribution in [0.1, 0.15) is 54.5 Å². The van der Waals surface area contributed by atoms with Crippen LogP contribution < -0.4 is 5.32 Å². The number of aromatic nitrogens is 3. The molecule has 6 nitrogen and oxygen atoms in total. The topological polar surface area (TPSA) is 80.0 Å². The van der Waals surface area contributed by atoms with Crippen molar-refractivity contribution in [3.63, 3.8) is 0 Å². The second-order valence-electron chi connectivity index (χ2n) is 8.60. The lowest BCUT2D eigenvalue weighted by Crippen LogP contribution is -2.54. The number of hydrogen-bond acceptors (Lipinski definition) is 5. The predicted molar refractivity (Wildman–Crippen MR) is 133 cm³/mol. The van der Waals surface area contributed by atoms with Gasteiger partial charge in [-0.1, -0.05) is 43.3 Å². The Hall–Kier alpha value is -2.46. The zero-order valence-corrected chi connectivity index (χ0v) is 20.2. The minimum atomic E-state index is -3.48. The van der Waals surface area contributed by atoms with E-state index >= 15 is 0 Å². The molecule has 6 radical (unpaired) electrons. The van der Waals surface area contributed by atoms with Crippen LogP contribution in [0.15, 0.2) is 42.0 Å². The molecule has 0 saturated heterocycles. The summed E-state index contributed by atoms with van der Waals surface area (Å²) in [6.07, 6.45) is 5.26. The lowest BCUT2D eigenvalue weighted by molar-refractivity contribution is -0.132. The van der Waals surface area contributed by atoms with E-state index in [4.69, 9.17) is 23.5 Å². The van der Waals surface area contributed by atoms with Crippen LogP contribution in [-0.4, -0.2) is 67.1 Å². The fourth-order valence-corrected chi connectivity index (χ4v) is 5.55. The van der Waals surface area contributed by atoms with E-state index in [1.54, 1.807) is 30.5 Å². The van der Waals surface area contributed by atoms with Crippen molar-refractivity contribution in [2.24, 2.45) is 5.41 Å². The summed E-state index contributed by atoms with van der Waals surface area (Å²) in [5, 5.41) is 16.7. The van der Waals surface area contributed by atoms with Crippen molar-refractivity contribution >= 4 is 40.8 Å². The molecule has 3 atom stereocenters. The Bertz CT molecular complexity index is 1200. The van der Waals surface area contributed by atoms with Crippen molar-refractivity contribution in [3.05, 3.63) is 64.4 Å². The quantitative estimate of drug-likeness (QED) is 0.521. The number of amides is 1. The summed E-state index contributed by atoms with van der Waals surface area (Å²) in [5.74, 6) is -6.10. The Morgan fingerprint density at radius 1 is 1.26 bits per heavy atom. The molecule has 1 amide bonds. The van der Waals surface area contributed by atoms with Gasteiger partial charge in [0.15, 0.2) is 0 Å². The molecule has 0 bridgehead atoms. The van der Waals surface area contributed by atoms with E-state index in [2.05, 4.69) is 10.1 Å². The molecule has 5 rings (SSSR count). The van der Waals surface area contributed by atoms with Gasteiger partial charge in [-0.3, -0.25) is 4.79 Å². The molecule has 3 unspecified atom stereocenters. The first-order valence-corrected chi connectivity index (χ1v) is 12.2. The molecule has 2 aliphatic rings. The number of hydrogen-bond donors (Lipinski definition) is 2. The summed E-state index contributed by atoms with van der Waals surface area (Å²) in [4.78, 5) is 16.8. The van der Waals surface area contributed by atoms with Gasteiger partial charge in [-0.25, -0.2) is 18.4 Å². The molecule has 176 valence electrons. The van der Waals surface area contributed by atoms with Crippen molar-refractivity contribution in [2.75, 3.05) is 6.61 Å². The van der Waals surface area contributed by atoms with Crippen LogP contribution in [-0.2, 0) is 11.2 Å². The highest BCUT2D eigenvalue weighted by Gasteiger charge is 2.84. The molecule has 0 spiro atoms. The number of rotatable bonds is 6. The number of aliphatic hydroxyl groups excluding tert-OH is 1. The molecule has 2 aromatic heterocycles. The summed E-state index contributed by atoms with van der Waals surface area (Å²) in [5.41, 5.74) is 1.01. The Kier molecular flexibility index (Phi) is 6.74. The van der Waals surface area contributed by atoms with Gasteiger partial charge in [0.05, 0.1) is 48.0 Å². The zero-order chi connectivity index (χ0) is 25.6. The molecule has 1 fully saturated rings. The first-order chi connectivity index (χ1) is 16.6. The van der Waals surface area contributed by atoms with Gasteiger partial charge in [0.2, 0.25) is 11.0 Å². The van der Waals surface area contributed by atoms with Gasteiger partial charge in [-0.2, -0.15) is 5.10 Å². The van der Waals surface area contributed by atoms with Crippen molar-refractivity contribution in [1.82, 2.24) is 20.1 Å². The summed E-state index contributed by atoms with van der Waals surface area (Å²) in [7, 11) is 16.0. The molecular weight excluding hydrogens is 467 g/mol. The number of fused-ring (bicyclic) bond motifs is 1. The zero-order valence-electron chi connectivity index (χ0n) is 19.4. The average molecular weight is 490 g/mol. The molecule has 3 aromatic rings. The number of nitrogens with zero attached hydrogens (tertiary/aromatic N) is 3. The van der Waals surface area contributed by atoms with E-state index < -0.39 is 35.0 Å². The highest BCUT2D eigenvalue weighted by molar-refractivity contribution is 7.12. The normalized spacial score (nSPS) is 24.3.